The molecular formula is C15H24ClN3. The van der Waals surface area contributed by atoms with Crippen molar-refractivity contribution in [3.8, 4) is 0 Å². The fraction of sp³-hybridized carbons (Fsp3) is 0.667. The van der Waals surface area contributed by atoms with Crippen molar-refractivity contribution < 1.29 is 0 Å². The number of aromatic nitrogens is 1. The third-order valence-electron chi connectivity index (χ3n) is 3.87. The Hall–Kier alpha value is -0.800. The quantitative estimate of drug-likeness (QED) is 0.827. The van der Waals surface area contributed by atoms with E-state index >= 15 is 0 Å². The van der Waals surface area contributed by atoms with E-state index in [-0.39, 0.29) is 0 Å². The lowest BCUT2D eigenvalue weighted by molar-refractivity contribution is 0.586. The molecule has 3 nitrogen and oxygen atoms in total. The van der Waals surface area contributed by atoms with Crippen molar-refractivity contribution in [3.63, 3.8) is 0 Å². The number of nitrogens with zero attached hydrogens (tertiary/aromatic N) is 2. The van der Waals surface area contributed by atoms with Gasteiger partial charge in [-0.25, -0.2) is 4.98 Å². The van der Waals surface area contributed by atoms with Crippen molar-refractivity contribution in [3.05, 3.63) is 22.8 Å². The fourth-order valence-corrected chi connectivity index (χ4v) is 2.71. The van der Waals surface area contributed by atoms with Crippen molar-refractivity contribution in [2.75, 3.05) is 11.9 Å². The zero-order chi connectivity index (χ0) is 13.8. The van der Waals surface area contributed by atoms with Gasteiger partial charge in [0.1, 0.15) is 5.82 Å². The highest BCUT2D eigenvalue weighted by Gasteiger charge is 2.20. The molecule has 1 aliphatic carbocycles. The van der Waals surface area contributed by atoms with Crippen molar-refractivity contribution in [1.29, 1.82) is 0 Å². The zero-order valence-electron chi connectivity index (χ0n) is 12.1. The maximum atomic E-state index is 6.38. The first kappa shape index (κ1) is 14.6. The number of halogens is 1. The Kier molecular flexibility index (Phi) is 5.06. The van der Waals surface area contributed by atoms with Gasteiger partial charge in [-0.2, -0.15) is 0 Å². The van der Waals surface area contributed by atoms with Crippen LogP contribution in [-0.2, 0) is 6.54 Å². The van der Waals surface area contributed by atoms with Gasteiger partial charge >= 0.3 is 0 Å². The van der Waals surface area contributed by atoms with Crippen molar-refractivity contribution in [1.82, 2.24) is 10.3 Å². The lowest BCUT2D eigenvalue weighted by Gasteiger charge is -2.28. The summed E-state index contributed by atoms with van der Waals surface area (Å²) >= 11 is 6.38. The van der Waals surface area contributed by atoms with Crippen molar-refractivity contribution in [2.45, 2.75) is 58.2 Å². The van der Waals surface area contributed by atoms with Crippen LogP contribution < -0.4 is 10.2 Å². The largest absolute Gasteiger partial charge is 0.355 e. The van der Waals surface area contributed by atoms with Crippen LogP contribution >= 0.6 is 11.6 Å². The van der Waals surface area contributed by atoms with Crippen LogP contribution in [0.5, 0.6) is 0 Å². The fourth-order valence-electron chi connectivity index (χ4n) is 2.39. The molecule has 0 spiro atoms. The summed E-state index contributed by atoms with van der Waals surface area (Å²) in [6, 6.07) is 3.25. The predicted octanol–water partition coefficient (Wildman–Crippen LogP) is 3.61. The number of pyridine rings is 1. The van der Waals surface area contributed by atoms with E-state index in [0.717, 1.165) is 30.2 Å². The van der Waals surface area contributed by atoms with E-state index in [0.29, 0.717) is 12.1 Å². The van der Waals surface area contributed by atoms with Gasteiger partial charge in [0.15, 0.2) is 0 Å². The third-order valence-corrected chi connectivity index (χ3v) is 4.15. The maximum Gasteiger partial charge on any atom is 0.147 e. The summed E-state index contributed by atoms with van der Waals surface area (Å²) in [5.74, 6) is 0.894. The third kappa shape index (κ3) is 3.83. The summed E-state index contributed by atoms with van der Waals surface area (Å²) in [4.78, 5) is 6.74. The molecule has 0 amide bonds. The Morgan fingerprint density at radius 1 is 1.42 bits per heavy atom. The molecule has 1 N–H and O–H groups in total. The number of hydrogen-bond acceptors (Lipinski definition) is 3. The monoisotopic (exact) mass is 281 g/mol. The number of hydrogen-bond donors (Lipinski definition) is 1. The first-order valence-corrected chi connectivity index (χ1v) is 7.64. The SMILES string of the molecule is CCC(CC)N(C)c1ncc(CNC2CC2)cc1Cl. The van der Waals surface area contributed by atoms with Gasteiger partial charge in [-0.05, 0) is 37.3 Å². The van der Waals surface area contributed by atoms with Gasteiger partial charge in [-0.15, -0.1) is 0 Å². The van der Waals surface area contributed by atoms with Gasteiger partial charge in [0.2, 0.25) is 0 Å². The van der Waals surface area contributed by atoms with E-state index < -0.39 is 0 Å². The molecule has 0 unspecified atom stereocenters. The number of nitrogens with one attached hydrogen (secondary N) is 1. The number of rotatable bonds is 7. The van der Waals surface area contributed by atoms with Gasteiger partial charge in [0.05, 0.1) is 5.02 Å². The van der Waals surface area contributed by atoms with Crippen LogP contribution in [-0.4, -0.2) is 24.1 Å². The standard InChI is InChI=1S/C15H24ClN3/c1-4-13(5-2)19(3)15-14(16)8-11(10-18-15)9-17-12-6-7-12/h8,10,12-13,17H,4-7,9H2,1-3H3. The highest BCUT2D eigenvalue weighted by atomic mass is 35.5. The average molecular weight is 282 g/mol. The highest BCUT2D eigenvalue weighted by molar-refractivity contribution is 6.33. The van der Waals surface area contributed by atoms with Gasteiger partial charge in [-0.3, -0.25) is 0 Å². The minimum atomic E-state index is 0.500. The zero-order valence-corrected chi connectivity index (χ0v) is 12.9. The molecule has 0 bridgehead atoms. The van der Waals surface area contributed by atoms with Crippen molar-refractivity contribution >= 4 is 17.4 Å². The minimum absolute atomic E-state index is 0.500. The topological polar surface area (TPSA) is 28.2 Å². The normalized spacial score (nSPS) is 15.0. The molecule has 0 saturated heterocycles. The predicted molar refractivity (Wildman–Crippen MR) is 81.9 cm³/mol. The van der Waals surface area contributed by atoms with Crippen molar-refractivity contribution in [2.24, 2.45) is 0 Å². The Morgan fingerprint density at radius 2 is 2.11 bits per heavy atom. The molecule has 0 atom stereocenters. The molecule has 4 heteroatoms. The van der Waals surface area contributed by atoms with E-state index in [1.54, 1.807) is 0 Å². The Bertz CT molecular complexity index is 414. The summed E-state index contributed by atoms with van der Waals surface area (Å²) in [5, 5.41) is 4.24. The van der Waals surface area contributed by atoms with E-state index in [1.165, 1.54) is 18.4 Å². The smallest absolute Gasteiger partial charge is 0.147 e. The first-order chi connectivity index (χ1) is 9.15. The second-order valence-corrected chi connectivity index (χ2v) is 5.79. The second-order valence-electron chi connectivity index (χ2n) is 5.39. The molecule has 1 fully saturated rings. The minimum Gasteiger partial charge on any atom is -0.355 e. The molecule has 1 saturated carbocycles. The Labute approximate surface area is 121 Å². The molecule has 0 aliphatic heterocycles. The summed E-state index contributed by atoms with van der Waals surface area (Å²) in [6.07, 6.45) is 6.76. The molecule has 106 valence electrons. The molecule has 0 aromatic carbocycles. The lowest BCUT2D eigenvalue weighted by Crippen LogP contribution is -2.31. The Morgan fingerprint density at radius 3 is 2.63 bits per heavy atom. The average Bonchev–Trinajstić information content (AvgIpc) is 3.21. The summed E-state index contributed by atoms with van der Waals surface area (Å²) in [6.45, 7) is 5.27. The van der Waals surface area contributed by atoms with E-state index in [4.69, 9.17) is 11.6 Å². The summed E-state index contributed by atoms with van der Waals surface area (Å²) in [7, 11) is 2.08. The molecular weight excluding hydrogens is 258 g/mol. The molecule has 0 radical (unpaired) electrons. The molecule has 19 heavy (non-hydrogen) atoms. The van der Waals surface area contributed by atoms with Crippen LogP contribution in [0.4, 0.5) is 5.82 Å². The lowest BCUT2D eigenvalue weighted by atomic mass is 10.1. The van der Waals surface area contributed by atoms with Crippen LogP contribution in [0, 0.1) is 0 Å². The molecule has 1 aromatic heterocycles. The summed E-state index contributed by atoms with van der Waals surface area (Å²) in [5.41, 5.74) is 1.17. The van der Waals surface area contributed by atoms with Crippen LogP contribution in [0.25, 0.3) is 0 Å². The van der Waals surface area contributed by atoms with E-state index in [2.05, 4.69) is 36.1 Å². The van der Waals surface area contributed by atoms with Gasteiger partial charge in [-0.1, -0.05) is 25.4 Å². The maximum absolute atomic E-state index is 6.38. The molecule has 2 rings (SSSR count). The first-order valence-electron chi connectivity index (χ1n) is 7.26. The molecule has 1 aromatic rings. The number of anilines is 1. The van der Waals surface area contributed by atoms with Gasteiger partial charge in [0, 0.05) is 31.9 Å². The van der Waals surface area contributed by atoms with E-state index in [9.17, 15) is 0 Å². The molecule has 1 heterocycles. The van der Waals surface area contributed by atoms with Crippen LogP contribution in [0.3, 0.4) is 0 Å². The van der Waals surface area contributed by atoms with Crippen LogP contribution in [0.2, 0.25) is 5.02 Å². The van der Waals surface area contributed by atoms with Gasteiger partial charge < -0.3 is 10.2 Å². The van der Waals surface area contributed by atoms with Crippen LogP contribution in [0.1, 0.15) is 45.1 Å². The second kappa shape index (κ2) is 6.58. The highest BCUT2D eigenvalue weighted by Crippen LogP contribution is 2.26. The molecule has 1 aliphatic rings. The van der Waals surface area contributed by atoms with Gasteiger partial charge in [0.25, 0.3) is 0 Å². The Balaban J connectivity index is 2.04. The van der Waals surface area contributed by atoms with E-state index in [1.807, 2.05) is 12.3 Å². The summed E-state index contributed by atoms with van der Waals surface area (Å²) < 4.78 is 0. The van der Waals surface area contributed by atoms with Crippen LogP contribution in [0.15, 0.2) is 12.3 Å².